The van der Waals surface area contributed by atoms with Crippen LogP contribution in [0.15, 0.2) is 70.8 Å². The van der Waals surface area contributed by atoms with Gasteiger partial charge in [0.2, 0.25) is 0 Å². The van der Waals surface area contributed by atoms with E-state index in [2.05, 4.69) is 9.97 Å². The fourth-order valence-electron chi connectivity index (χ4n) is 3.83. The van der Waals surface area contributed by atoms with Gasteiger partial charge in [-0.1, -0.05) is 19.1 Å². The Morgan fingerprint density at radius 2 is 1.83 bits per heavy atom. The van der Waals surface area contributed by atoms with Crippen molar-refractivity contribution in [3.8, 4) is 11.5 Å². The van der Waals surface area contributed by atoms with Crippen LogP contribution in [0, 0.1) is 6.92 Å². The van der Waals surface area contributed by atoms with Crippen LogP contribution in [0.25, 0.3) is 11.0 Å². The first-order valence-corrected chi connectivity index (χ1v) is 14.8. The molecule has 2 atom stereocenters. The number of imidazole rings is 1. The summed E-state index contributed by atoms with van der Waals surface area (Å²) in [5.74, 6) is -1.47. The third kappa shape index (κ3) is 6.74. The number of halogens is 3. The van der Waals surface area contributed by atoms with E-state index in [1.165, 1.54) is 49.5 Å². The summed E-state index contributed by atoms with van der Waals surface area (Å²) in [5.41, 5.74) is 0.765. The highest BCUT2D eigenvalue weighted by Crippen LogP contribution is 2.30. The van der Waals surface area contributed by atoms with Gasteiger partial charge in [0.05, 0.1) is 21.6 Å². The average Bonchev–Trinajstić information content (AvgIpc) is 3.32. The van der Waals surface area contributed by atoms with E-state index in [1.54, 1.807) is 25.1 Å². The minimum atomic E-state index is -4.56. The maximum Gasteiger partial charge on any atom is 0.422 e. The van der Waals surface area contributed by atoms with Crippen molar-refractivity contribution in [2.45, 2.75) is 48.4 Å². The summed E-state index contributed by atoms with van der Waals surface area (Å²) in [7, 11) is -4.38. The Kier molecular flexibility index (Phi) is 8.80. The van der Waals surface area contributed by atoms with Gasteiger partial charge in [-0.25, -0.2) is 13.2 Å². The van der Waals surface area contributed by atoms with Crippen molar-refractivity contribution >= 4 is 38.2 Å². The summed E-state index contributed by atoms with van der Waals surface area (Å²) >= 11 is -2.11. The molecule has 0 spiro atoms. The number of aromatic nitrogens is 3. The number of alkyl halides is 3. The number of pyridine rings is 1. The molecule has 10 nitrogen and oxygen atoms in total. The number of hydrogen-bond donors (Lipinski definition) is 1. The largest absolute Gasteiger partial charge is 0.609 e. The maximum absolute atomic E-state index is 13.8. The fraction of sp³-hybridized carbons (Fsp3) is 0.269. The molecule has 0 saturated heterocycles. The normalized spacial score (nSPS) is 13.6. The molecular weight excluding hydrogens is 587 g/mol. The second-order valence-electron chi connectivity index (χ2n) is 8.75. The Morgan fingerprint density at radius 3 is 2.46 bits per heavy atom. The highest BCUT2D eigenvalue weighted by atomic mass is 32.2. The van der Waals surface area contributed by atoms with Gasteiger partial charge < -0.3 is 19.1 Å². The summed E-state index contributed by atoms with van der Waals surface area (Å²) in [4.78, 5) is 19.5. The van der Waals surface area contributed by atoms with Gasteiger partial charge in [-0.3, -0.25) is 4.98 Å². The van der Waals surface area contributed by atoms with Gasteiger partial charge in [-0.05, 0) is 55.8 Å². The van der Waals surface area contributed by atoms with Crippen LogP contribution in [-0.2, 0) is 31.7 Å². The van der Waals surface area contributed by atoms with Crippen molar-refractivity contribution < 1.29 is 45.5 Å². The summed E-state index contributed by atoms with van der Waals surface area (Å²) in [6, 6.07) is 12.6. The molecule has 0 aliphatic carbocycles. The summed E-state index contributed by atoms with van der Waals surface area (Å²) in [6.45, 7) is 1.57. The van der Waals surface area contributed by atoms with E-state index in [-0.39, 0.29) is 56.0 Å². The molecule has 0 radical (unpaired) electrons. The summed E-state index contributed by atoms with van der Waals surface area (Å²) in [5, 5.41) is 8.89. The van der Waals surface area contributed by atoms with Gasteiger partial charge in [0.1, 0.15) is 11.5 Å². The van der Waals surface area contributed by atoms with Crippen LogP contribution in [0.1, 0.15) is 24.6 Å². The average molecular weight is 612 g/mol. The zero-order valence-electron chi connectivity index (χ0n) is 21.7. The number of fused-ring (bicyclic) bond motifs is 1. The topological polar surface area (TPSA) is 144 Å². The Hall–Kier alpha value is -3.82. The lowest BCUT2D eigenvalue weighted by Gasteiger charge is -2.16. The number of carbonyl (C=O) groups is 1. The molecule has 2 heterocycles. The molecule has 2 aromatic carbocycles. The third-order valence-electron chi connectivity index (χ3n) is 5.90. The van der Waals surface area contributed by atoms with Gasteiger partial charge in [-0.2, -0.15) is 22.1 Å². The quantitative estimate of drug-likeness (QED) is 0.243. The molecule has 0 bridgehead atoms. The minimum Gasteiger partial charge on any atom is -0.609 e. The third-order valence-corrected chi connectivity index (χ3v) is 8.95. The molecule has 0 fully saturated rings. The molecule has 4 rings (SSSR count). The van der Waals surface area contributed by atoms with Gasteiger partial charge >= 0.3 is 17.3 Å². The van der Waals surface area contributed by atoms with Crippen molar-refractivity contribution in [2.24, 2.45) is 0 Å². The van der Waals surface area contributed by atoms with Gasteiger partial charge in [0.25, 0.3) is 10.0 Å². The molecule has 4 aromatic rings. The van der Waals surface area contributed by atoms with Gasteiger partial charge in [0.15, 0.2) is 18.5 Å². The van der Waals surface area contributed by atoms with Crippen molar-refractivity contribution in [2.75, 3.05) is 6.61 Å². The fourth-order valence-corrected chi connectivity index (χ4v) is 6.88. The van der Waals surface area contributed by atoms with Crippen LogP contribution >= 0.6 is 0 Å². The van der Waals surface area contributed by atoms with Gasteiger partial charge in [-0.15, -0.1) is 0 Å². The number of hydrogen-bond acceptors (Lipinski definition) is 8. The molecule has 41 heavy (non-hydrogen) atoms. The van der Waals surface area contributed by atoms with E-state index < -0.39 is 46.1 Å². The molecule has 2 aromatic heterocycles. The summed E-state index contributed by atoms with van der Waals surface area (Å²) < 4.78 is 90.2. The number of aliphatic carboxylic acids is 1. The van der Waals surface area contributed by atoms with E-state index >= 15 is 0 Å². The number of ether oxygens (including phenoxy) is 2. The van der Waals surface area contributed by atoms with E-state index in [1.807, 2.05) is 0 Å². The number of nitrogens with zero attached hydrogens (tertiary/aromatic N) is 3. The van der Waals surface area contributed by atoms with E-state index in [9.17, 15) is 36.0 Å². The molecular formula is C26H24F3N3O7S2. The standard InChI is InChI=1S/C26H24F3N3O7S2/c1-3-22(24(33)34)39-17-8-10-18(11-9-17)41(36,37)32-21-7-5-4-6-19(21)31-25(32)40(35)14-20-16(2)23(12-13-30-20)38-15-26(27,28)29/h4-13,22H,3,14-15H2,1-2H3,(H,33,34). The molecule has 1 N–H and O–H groups in total. The predicted molar refractivity (Wildman–Crippen MR) is 142 cm³/mol. The Balaban J connectivity index is 1.69. The lowest BCUT2D eigenvalue weighted by molar-refractivity contribution is -0.153. The van der Waals surface area contributed by atoms with Crippen molar-refractivity contribution in [1.82, 2.24) is 13.9 Å². The van der Waals surface area contributed by atoms with Crippen LogP contribution in [0.4, 0.5) is 13.2 Å². The number of carboxylic acid groups (broad SMARTS) is 1. The zero-order chi connectivity index (χ0) is 29.9. The van der Waals surface area contributed by atoms with Crippen LogP contribution in [0.3, 0.4) is 0 Å². The predicted octanol–water partition coefficient (Wildman–Crippen LogP) is 4.47. The van der Waals surface area contributed by atoms with Crippen LogP contribution in [0.2, 0.25) is 0 Å². The van der Waals surface area contributed by atoms with Crippen molar-refractivity contribution in [3.63, 3.8) is 0 Å². The van der Waals surface area contributed by atoms with Crippen molar-refractivity contribution in [3.05, 3.63) is 72.1 Å². The highest BCUT2D eigenvalue weighted by Gasteiger charge is 2.33. The maximum atomic E-state index is 13.8. The van der Waals surface area contributed by atoms with Gasteiger partial charge in [0, 0.05) is 22.9 Å². The van der Waals surface area contributed by atoms with Crippen LogP contribution < -0.4 is 9.47 Å². The molecule has 2 unspecified atom stereocenters. The molecule has 0 aliphatic heterocycles. The van der Waals surface area contributed by atoms with E-state index in [0.29, 0.717) is 0 Å². The Morgan fingerprint density at radius 1 is 1.15 bits per heavy atom. The molecule has 15 heteroatoms. The van der Waals surface area contributed by atoms with Crippen molar-refractivity contribution in [1.29, 1.82) is 0 Å². The second-order valence-corrected chi connectivity index (χ2v) is 11.9. The second kappa shape index (κ2) is 12.0. The number of carboxylic acids is 1. The minimum absolute atomic E-state index is 0.0963. The van der Waals surface area contributed by atoms with Crippen LogP contribution in [-0.4, -0.2) is 56.9 Å². The SMILES string of the molecule is CCC(Oc1ccc(S(=O)(=O)n2c([S+]([O-])Cc3nccc(OCC(F)(F)F)c3C)nc3ccccc32)cc1)C(=O)O. The first-order chi connectivity index (χ1) is 19.3. The zero-order valence-corrected chi connectivity index (χ0v) is 23.3. The summed E-state index contributed by atoms with van der Waals surface area (Å²) in [6.07, 6.45) is -4.27. The molecule has 0 amide bonds. The number of benzene rings is 2. The molecule has 0 saturated carbocycles. The highest BCUT2D eigenvalue weighted by molar-refractivity contribution is 7.93. The Labute approximate surface area is 236 Å². The lowest BCUT2D eigenvalue weighted by atomic mass is 10.2. The first-order valence-electron chi connectivity index (χ1n) is 12.1. The molecule has 218 valence electrons. The lowest BCUT2D eigenvalue weighted by Crippen LogP contribution is -2.26. The van der Waals surface area contributed by atoms with E-state index in [4.69, 9.17) is 9.47 Å². The van der Waals surface area contributed by atoms with E-state index in [0.717, 1.165) is 3.97 Å². The number of rotatable bonds is 11. The number of para-hydroxylation sites is 2. The first kappa shape index (κ1) is 30.1. The van der Waals surface area contributed by atoms with Crippen LogP contribution in [0.5, 0.6) is 11.5 Å². The smallest absolute Gasteiger partial charge is 0.422 e. The Bertz CT molecular complexity index is 1660. The molecule has 0 aliphatic rings. The monoisotopic (exact) mass is 611 g/mol.